The number of ether oxygens (including phenoxy) is 4. The monoisotopic (exact) mass is 320 g/mol. The zero-order valence-electron chi connectivity index (χ0n) is 12.9. The van der Waals surface area contributed by atoms with E-state index in [1.165, 1.54) is 0 Å². The second-order valence-corrected chi connectivity index (χ2v) is 4.28. The topological polar surface area (TPSA) is 85.3 Å². The second-order valence-electron chi connectivity index (χ2n) is 4.28. The number of hydrogen-bond donors (Lipinski definition) is 1. The van der Waals surface area contributed by atoms with Gasteiger partial charge in [-0.1, -0.05) is 12.1 Å². The van der Waals surface area contributed by atoms with Gasteiger partial charge in [-0.2, -0.15) is 5.26 Å². The van der Waals surface area contributed by atoms with Gasteiger partial charge in [0.05, 0.1) is 58.9 Å². The van der Waals surface area contributed by atoms with E-state index >= 15 is 0 Å². The number of benzene rings is 1. The van der Waals surface area contributed by atoms with Gasteiger partial charge in [0.25, 0.3) is 0 Å². The van der Waals surface area contributed by atoms with Crippen LogP contribution in [0.25, 0.3) is 4.85 Å². The van der Waals surface area contributed by atoms with Crippen LogP contribution in [0.2, 0.25) is 0 Å². The fourth-order valence-electron chi connectivity index (χ4n) is 1.66. The van der Waals surface area contributed by atoms with Crippen LogP contribution in [0.3, 0.4) is 0 Å². The van der Waals surface area contributed by atoms with Crippen LogP contribution in [0.1, 0.15) is 5.56 Å². The summed E-state index contributed by atoms with van der Waals surface area (Å²) in [5, 5.41) is 17.6. The Morgan fingerprint density at radius 1 is 1.00 bits per heavy atom. The Labute approximate surface area is 135 Å². The van der Waals surface area contributed by atoms with Gasteiger partial charge in [-0.25, -0.2) is 4.85 Å². The Morgan fingerprint density at radius 2 is 1.61 bits per heavy atom. The summed E-state index contributed by atoms with van der Waals surface area (Å²) < 4.78 is 21.1. The first kappa shape index (κ1) is 18.9. The molecule has 0 heterocycles. The van der Waals surface area contributed by atoms with E-state index in [-0.39, 0.29) is 24.5 Å². The van der Waals surface area contributed by atoms with Crippen molar-refractivity contribution in [2.45, 2.75) is 0 Å². The van der Waals surface area contributed by atoms with Gasteiger partial charge in [-0.05, 0) is 6.07 Å². The third kappa shape index (κ3) is 7.59. The van der Waals surface area contributed by atoms with Crippen molar-refractivity contribution in [3.63, 3.8) is 0 Å². The Kier molecular flexibility index (Phi) is 10.2. The average molecular weight is 320 g/mol. The van der Waals surface area contributed by atoms with Crippen molar-refractivity contribution in [3.05, 3.63) is 35.2 Å². The standard InChI is InChI=1S/C16H20N2O5/c1-18-15-3-2-4-16(14(15)13-17)23-12-11-22-10-9-21-8-7-20-6-5-19/h2-4,19H,5-12H2. The molecule has 1 rings (SSSR count). The Bertz CT molecular complexity index is 536. The highest BCUT2D eigenvalue weighted by atomic mass is 16.6. The van der Waals surface area contributed by atoms with E-state index in [9.17, 15) is 0 Å². The first-order valence-corrected chi connectivity index (χ1v) is 7.21. The average Bonchev–Trinajstić information content (AvgIpc) is 2.59. The van der Waals surface area contributed by atoms with Crippen molar-refractivity contribution in [1.82, 2.24) is 0 Å². The van der Waals surface area contributed by atoms with Gasteiger partial charge in [-0.3, -0.25) is 0 Å². The number of rotatable bonds is 12. The zero-order chi connectivity index (χ0) is 16.8. The molecule has 124 valence electrons. The molecule has 1 aromatic carbocycles. The molecule has 1 aromatic rings. The van der Waals surface area contributed by atoms with Crippen molar-refractivity contribution in [3.8, 4) is 11.8 Å². The molecule has 0 atom stereocenters. The minimum absolute atomic E-state index is 0.00935. The number of aliphatic hydroxyl groups excluding tert-OH is 1. The number of nitrogens with zero attached hydrogens (tertiary/aromatic N) is 2. The predicted molar refractivity (Wildman–Crippen MR) is 82.5 cm³/mol. The summed E-state index contributed by atoms with van der Waals surface area (Å²) in [6.07, 6.45) is 0. The van der Waals surface area contributed by atoms with E-state index in [2.05, 4.69) is 4.85 Å². The third-order valence-corrected chi connectivity index (χ3v) is 2.70. The fraction of sp³-hybridized carbons (Fsp3) is 0.500. The Balaban J connectivity index is 2.10. The fourth-order valence-corrected chi connectivity index (χ4v) is 1.66. The summed E-state index contributed by atoms with van der Waals surface area (Å²) in [5.74, 6) is 0.391. The van der Waals surface area contributed by atoms with Crippen LogP contribution >= 0.6 is 0 Å². The van der Waals surface area contributed by atoms with Crippen molar-refractivity contribution < 1.29 is 24.1 Å². The molecule has 0 aliphatic carbocycles. The second kappa shape index (κ2) is 12.4. The lowest BCUT2D eigenvalue weighted by atomic mass is 10.2. The van der Waals surface area contributed by atoms with E-state index < -0.39 is 0 Å². The van der Waals surface area contributed by atoms with Gasteiger partial charge in [0.15, 0.2) is 0 Å². The molecule has 7 heteroatoms. The van der Waals surface area contributed by atoms with Crippen LogP contribution in [-0.4, -0.2) is 58.0 Å². The number of hydrogen-bond acceptors (Lipinski definition) is 6. The molecule has 0 unspecified atom stereocenters. The molecule has 0 spiro atoms. The smallest absolute Gasteiger partial charge is 0.208 e. The minimum atomic E-state index is 0.00935. The molecular weight excluding hydrogens is 300 g/mol. The van der Waals surface area contributed by atoms with E-state index in [1.807, 2.05) is 6.07 Å². The quantitative estimate of drug-likeness (QED) is 0.464. The molecule has 0 fully saturated rings. The summed E-state index contributed by atoms with van der Waals surface area (Å²) in [6.45, 7) is 9.74. The highest BCUT2D eigenvalue weighted by Gasteiger charge is 2.08. The Hall–Kier alpha value is -2.16. The van der Waals surface area contributed by atoms with Gasteiger partial charge >= 0.3 is 0 Å². The van der Waals surface area contributed by atoms with Gasteiger partial charge in [0.2, 0.25) is 5.69 Å². The maximum Gasteiger partial charge on any atom is 0.208 e. The molecule has 0 amide bonds. The van der Waals surface area contributed by atoms with Crippen molar-refractivity contribution in [2.75, 3.05) is 52.9 Å². The Morgan fingerprint density at radius 3 is 2.17 bits per heavy atom. The molecule has 0 saturated carbocycles. The van der Waals surface area contributed by atoms with E-state index in [4.69, 9.17) is 35.9 Å². The summed E-state index contributed by atoms with van der Waals surface area (Å²) >= 11 is 0. The van der Waals surface area contributed by atoms with Crippen molar-refractivity contribution in [2.24, 2.45) is 0 Å². The van der Waals surface area contributed by atoms with Crippen LogP contribution in [0.4, 0.5) is 5.69 Å². The maximum absolute atomic E-state index is 9.06. The van der Waals surface area contributed by atoms with Gasteiger partial charge in [0, 0.05) is 0 Å². The lowest BCUT2D eigenvalue weighted by molar-refractivity contribution is 0.00360. The molecule has 1 N–H and O–H groups in total. The normalized spacial score (nSPS) is 10.0. The van der Waals surface area contributed by atoms with Crippen LogP contribution in [0, 0.1) is 17.9 Å². The van der Waals surface area contributed by atoms with Crippen LogP contribution in [0.15, 0.2) is 18.2 Å². The summed E-state index contributed by atoms with van der Waals surface area (Å²) in [5.41, 5.74) is 0.524. The molecular formula is C16H20N2O5. The molecule has 0 radical (unpaired) electrons. The molecule has 23 heavy (non-hydrogen) atoms. The number of nitriles is 1. The van der Waals surface area contributed by atoms with Gasteiger partial charge in [-0.15, -0.1) is 0 Å². The van der Waals surface area contributed by atoms with E-state index in [0.717, 1.165) is 0 Å². The van der Waals surface area contributed by atoms with Crippen molar-refractivity contribution in [1.29, 1.82) is 5.26 Å². The SMILES string of the molecule is [C-]#[N+]c1cccc(OCCOCCOCCOCCO)c1C#N. The van der Waals surface area contributed by atoms with Crippen molar-refractivity contribution >= 4 is 5.69 Å². The predicted octanol–water partition coefficient (Wildman–Crippen LogP) is 1.53. The third-order valence-electron chi connectivity index (χ3n) is 2.70. The molecule has 0 aromatic heterocycles. The van der Waals surface area contributed by atoms with E-state index in [1.54, 1.807) is 18.2 Å². The van der Waals surface area contributed by atoms with Gasteiger partial charge < -0.3 is 24.1 Å². The lowest BCUT2D eigenvalue weighted by Crippen LogP contribution is -2.13. The highest BCUT2D eigenvalue weighted by molar-refractivity contribution is 5.64. The first-order chi connectivity index (χ1) is 11.3. The molecule has 0 aliphatic rings. The van der Waals surface area contributed by atoms with Crippen LogP contribution in [0.5, 0.6) is 5.75 Å². The van der Waals surface area contributed by atoms with Crippen LogP contribution < -0.4 is 4.74 Å². The molecule has 0 saturated heterocycles. The summed E-state index contributed by atoms with van der Waals surface area (Å²) in [4.78, 5) is 3.28. The largest absolute Gasteiger partial charge is 0.491 e. The molecule has 7 nitrogen and oxygen atoms in total. The highest BCUT2D eigenvalue weighted by Crippen LogP contribution is 2.27. The lowest BCUT2D eigenvalue weighted by Gasteiger charge is -2.09. The minimum Gasteiger partial charge on any atom is -0.491 e. The molecule has 0 aliphatic heterocycles. The zero-order valence-corrected chi connectivity index (χ0v) is 12.9. The van der Waals surface area contributed by atoms with Gasteiger partial charge in [0.1, 0.15) is 17.9 Å². The maximum atomic E-state index is 9.06. The van der Waals surface area contributed by atoms with Crippen LogP contribution in [-0.2, 0) is 14.2 Å². The first-order valence-electron chi connectivity index (χ1n) is 7.21. The molecule has 0 bridgehead atoms. The number of aliphatic hydroxyl groups is 1. The van der Waals surface area contributed by atoms with E-state index in [0.29, 0.717) is 45.4 Å². The summed E-state index contributed by atoms with van der Waals surface area (Å²) in [7, 11) is 0. The summed E-state index contributed by atoms with van der Waals surface area (Å²) in [6, 6.07) is 6.89.